The number of nitrogens with zero attached hydrogens (tertiary/aromatic N) is 1. The molecule has 0 radical (unpaired) electrons. The molecule has 0 aromatic carbocycles. The molecule has 3 nitrogen and oxygen atoms in total. The molecule has 2 fully saturated rings. The first-order valence-corrected chi connectivity index (χ1v) is 7.85. The average Bonchev–Trinajstić information content (AvgIpc) is 3.01. The van der Waals surface area contributed by atoms with Gasteiger partial charge in [-0.25, -0.2) is 4.98 Å². The van der Waals surface area contributed by atoms with Crippen LogP contribution in [0.25, 0.3) is 0 Å². The largest absolute Gasteiger partial charge is 0.369 e. The van der Waals surface area contributed by atoms with Gasteiger partial charge in [0.1, 0.15) is 11.1 Å². The zero-order valence-electron chi connectivity index (χ0n) is 9.15. The molecule has 2 saturated heterocycles. The summed E-state index contributed by atoms with van der Waals surface area (Å²) in [5.41, 5.74) is 1.22. The minimum atomic E-state index is 0.235. The summed E-state index contributed by atoms with van der Waals surface area (Å²) in [5, 5.41) is 6.85. The Hall–Kier alpha value is -0.100. The van der Waals surface area contributed by atoms with Crippen molar-refractivity contribution in [2.75, 3.05) is 24.7 Å². The summed E-state index contributed by atoms with van der Waals surface area (Å²) in [7, 11) is 0. The van der Waals surface area contributed by atoms with Crippen molar-refractivity contribution in [1.82, 2.24) is 10.3 Å². The maximum absolute atomic E-state index is 5.75. The number of hydrogen-bond donors (Lipinski definition) is 1. The average molecular weight is 256 g/mol. The fraction of sp³-hybridized carbons (Fsp3) is 0.727. The van der Waals surface area contributed by atoms with Crippen molar-refractivity contribution in [3.05, 3.63) is 16.1 Å². The standard InChI is InChI=1S/C11H16N2OS2/c1-2-8(12-3-1)9-6-16-11(13-9)10-7-15-5-4-14-10/h6,8,10,12H,1-5,7H2. The molecule has 1 aromatic heterocycles. The maximum atomic E-state index is 5.75. The van der Waals surface area contributed by atoms with E-state index in [0.29, 0.717) is 6.04 Å². The monoisotopic (exact) mass is 256 g/mol. The van der Waals surface area contributed by atoms with Gasteiger partial charge in [-0.3, -0.25) is 0 Å². The number of aromatic nitrogens is 1. The van der Waals surface area contributed by atoms with Crippen LogP contribution in [0.1, 0.15) is 35.7 Å². The third kappa shape index (κ3) is 2.27. The molecule has 0 saturated carbocycles. The van der Waals surface area contributed by atoms with E-state index in [1.165, 1.54) is 18.5 Å². The van der Waals surface area contributed by atoms with E-state index >= 15 is 0 Å². The molecule has 88 valence electrons. The predicted molar refractivity (Wildman–Crippen MR) is 68.1 cm³/mol. The highest BCUT2D eigenvalue weighted by Crippen LogP contribution is 2.31. The summed E-state index contributed by atoms with van der Waals surface area (Å²) in [5.74, 6) is 2.18. The SMILES string of the molecule is c1sc(C2CSCCO2)nc1C1CCCN1. The van der Waals surface area contributed by atoms with Crippen LogP contribution in [-0.4, -0.2) is 29.6 Å². The van der Waals surface area contributed by atoms with E-state index in [1.807, 2.05) is 11.8 Å². The Morgan fingerprint density at radius 1 is 1.50 bits per heavy atom. The summed E-state index contributed by atoms with van der Waals surface area (Å²) in [4.78, 5) is 4.73. The normalized spacial score (nSPS) is 30.8. The summed E-state index contributed by atoms with van der Waals surface area (Å²) >= 11 is 3.72. The van der Waals surface area contributed by atoms with Crippen molar-refractivity contribution in [3.8, 4) is 0 Å². The molecule has 3 rings (SSSR count). The lowest BCUT2D eigenvalue weighted by atomic mass is 10.2. The number of nitrogens with one attached hydrogen (secondary N) is 1. The second-order valence-corrected chi connectivity index (χ2v) is 6.23. The van der Waals surface area contributed by atoms with Crippen molar-refractivity contribution in [1.29, 1.82) is 0 Å². The Labute approximate surface area is 104 Å². The van der Waals surface area contributed by atoms with Crippen molar-refractivity contribution < 1.29 is 4.74 Å². The van der Waals surface area contributed by atoms with Gasteiger partial charge >= 0.3 is 0 Å². The van der Waals surface area contributed by atoms with Crippen LogP contribution in [0.2, 0.25) is 0 Å². The van der Waals surface area contributed by atoms with E-state index in [-0.39, 0.29) is 6.10 Å². The molecule has 16 heavy (non-hydrogen) atoms. The molecule has 2 aliphatic rings. The van der Waals surface area contributed by atoms with Crippen LogP contribution >= 0.6 is 23.1 Å². The summed E-state index contributed by atoms with van der Waals surface area (Å²) in [6.07, 6.45) is 2.73. The number of rotatable bonds is 2. The molecular formula is C11H16N2OS2. The lowest BCUT2D eigenvalue weighted by molar-refractivity contribution is 0.0754. The van der Waals surface area contributed by atoms with Crippen LogP contribution in [0.5, 0.6) is 0 Å². The van der Waals surface area contributed by atoms with Gasteiger partial charge in [-0.1, -0.05) is 0 Å². The zero-order valence-corrected chi connectivity index (χ0v) is 10.8. The highest BCUT2D eigenvalue weighted by Gasteiger charge is 2.23. The van der Waals surface area contributed by atoms with Crippen molar-refractivity contribution in [3.63, 3.8) is 0 Å². The first-order valence-electron chi connectivity index (χ1n) is 5.81. The summed E-state index contributed by atoms with van der Waals surface area (Å²) < 4.78 is 5.75. The summed E-state index contributed by atoms with van der Waals surface area (Å²) in [6.45, 7) is 2.00. The predicted octanol–water partition coefficient (Wildman–Crippen LogP) is 2.37. The van der Waals surface area contributed by atoms with Gasteiger partial charge in [-0.05, 0) is 19.4 Å². The highest BCUT2D eigenvalue weighted by atomic mass is 32.2. The Balaban J connectivity index is 1.71. The molecule has 0 spiro atoms. The molecule has 0 bridgehead atoms. The van der Waals surface area contributed by atoms with Crippen molar-refractivity contribution >= 4 is 23.1 Å². The first-order chi connectivity index (χ1) is 7.93. The lowest BCUT2D eigenvalue weighted by Crippen LogP contribution is -2.16. The van der Waals surface area contributed by atoms with Crippen LogP contribution in [0.3, 0.4) is 0 Å². The van der Waals surface area contributed by atoms with Gasteiger partial charge < -0.3 is 10.1 Å². The minimum absolute atomic E-state index is 0.235. The minimum Gasteiger partial charge on any atom is -0.369 e. The van der Waals surface area contributed by atoms with Gasteiger partial charge in [-0.2, -0.15) is 11.8 Å². The molecule has 2 atom stereocenters. The fourth-order valence-corrected chi connectivity index (χ4v) is 4.05. The van der Waals surface area contributed by atoms with Crippen LogP contribution in [-0.2, 0) is 4.74 Å². The maximum Gasteiger partial charge on any atom is 0.123 e. The Morgan fingerprint density at radius 3 is 3.25 bits per heavy atom. The van der Waals surface area contributed by atoms with Gasteiger partial charge in [-0.15, -0.1) is 11.3 Å². The third-order valence-electron chi connectivity index (χ3n) is 3.05. The molecule has 2 aliphatic heterocycles. The molecule has 1 aromatic rings. The molecule has 3 heterocycles. The van der Waals surface area contributed by atoms with E-state index < -0.39 is 0 Å². The molecule has 5 heteroatoms. The first kappa shape index (κ1) is 11.0. The molecular weight excluding hydrogens is 240 g/mol. The molecule has 1 N–H and O–H groups in total. The number of ether oxygens (including phenoxy) is 1. The Bertz CT molecular complexity index is 344. The molecule has 0 amide bonds. The number of thiazole rings is 1. The van der Waals surface area contributed by atoms with E-state index in [4.69, 9.17) is 9.72 Å². The quantitative estimate of drug-likeness (QED) is 0.881. The zero-order chi connectivity index (χ0) is 10.8. The van der Waals surface area contributed by atoms with Gasteiger partial charge in [0.05, 0.1) is 18.3 Å². The van der Waals surface area contributed by atoms with Gasteiger partial charge in [0.25, 0.3) is 0 Å². The van der Waals surface area contributed by atoms with E-state index in [1.54, 1.807) is 11.3 Å². The van der Waals surface area contributed by atoms with Crippen LogP contribution in [0.4, 0.5) is 0 Å². The summed E-state index contributed by atoms with van der Waals surface area (Å²) in [6, 6.07) is 0.487. The van der Waals surface area contributed by atoms with Gasteiger partial charge in [0, 0.05) is 16.9 Å². The van der Waals surface area contributed by atoms with E-state index in [0.717, 1.165) is 29.7 Å². The van der Waals surface area contributed by atoms with Crippen molar-refractivity contribution in [2.45, 2.75) is 25.0 Å². The second kappa shape index (κ2) is 5.04. The van der Waals surface area contributed by atoms with E-state index in [2.05, 4.69) is 10.7 Å². The highest BCUT2D eigenvalue weighted by molar-refractivity contribution is 7.99. The molecule has 2 unspecified atom stereocenters. The Kier molecular flexibility index (Phi) is 3.47. The fourth-order valence-electron chi connectivity index (χ4n) is 2.18. The number of hydrogen-bond acceptors (Lipinski definition) is 5. The Morgan fingerprint density at radius 2 is 2.50 bits per heavy atom. The molecule has 0 aliphatic carbocycles. The van der Waals surface area contributed by atoms with Crippen LogP contribution < -0.4 is 5.32 Å². The smallest absolute Gasteiger partial charge is 0.123 e. The second-order valence-electron chi connectivity index (χ2n) is 4.19. The lowest BCUT2D eigenvalue weighted by Gasteiger charge is -2.20. The van der Waals surface area contributed by atoms with Crippen LogP contribution in [0, 0.1) is 0 Å². The van der Waals surface area contributed by atoms with Gasteiger partial charge in [0.2, 0.25) is 0 Å². The van der Waals surface area contributed by atoms with E-state index in [9.17, 15) is 0 Å². The van der Waals surface area contributed by atoms with Gasteiger partial charge in [0.15, 0.2) is 0 Å². The van der Waals surface area contributed by atoms with Crippen molar-refractivity contribution in [2.24, 2.45) is 0 Å². The third-order valence-corrected chi connectivity index (χ3v) is 5.00. The topological polar surface area (TPSA) is 34.1 Å². The van der Waals surface area contributed by atoms with Crippen LogP contribution in [0.15, 0.2) is 5.38 Å². The number of thioether (sulfide) groups is 1.